The van der Waals surface area contributed by atoms with Crippen LogP contribution in [0.2, 0.25) is 0 Å². The maximum atomic E-state index is 13.1. The van der Waals surface area contributed by atoms with Crippen LogP contribution in [0, 0.1) is 5.92 Å². The molecule has 0 aliphatic carbocycles. The third-order valence-electron chi connectivity index (χ3n) is 5.95. The van der Waals surface area contributed by atoms with Crippen LogP contribution in [-0.4, -0.2) is 53.5 Å². The lowest BCUT2D eigenvalue weighted by Crippen LogP contribution is -2.38. The van der Waals surface area contributed by atoms with Gasteiger partial charge in [-0.2, -0.15) is 4.31 Å². The molecule has 1 N–H and O–H groups in total. The van der Waals surface area contributed by atoms with Crippen molar-refractivity contribution in [1.29, 1.82) is 0 Å². The monoisotopic (exact) mass is 494 g/mol. The fourth-order valence-corrected chi connectivity index (χ4v) is 5.89. The maximum absolute atomic E-state index is 13.1. The Balaban J connectivity index is 1.83. The summed E-state index contributed by atoms with van der Waals surface area (Å²) in [6.07, 6.45) is 2.74. The molecule has 1 fully saturated rings. The first-order chi connectivity index (χ1) is 15.4. The van der Waals surface area contributed by atoms with Crippen LogP contribution in [-0.2, 0) is 19.9 Å². The smallest absolute Gasteiger partial charge is 0.255 e. The van der Waals surface area contributed by atoms with Gasteiger partial charge in [0.05, 0.1) is 28.5 Å². The van der Waals surface area contributed by atoms with Gasteiger partial charge >= 0.3 is 0 Å². The van der Waals surface area contributed by atoms with Crippen molar-refractivity contribution in [2.45, 2.75) is 42.5 Å². The zero-order chi connectivity index (χ0) is 24.4. The third-order valence-corrected chi connectivity index (χ3v) is 8.97. The predicted octanol–water partition coefficient (Wildman–Crippen LogP) is 3.01. The molecule has 1 aliphatic heterocycles. The highest BCUT2D eigenvalue weighted by atomic mass is 32.2. The van der Waals surface area contributed by atoms with E-state index in [0.717, 1.165) is 19.1 Å². The van der Waals surface area contributed by atoms with Crippen LogP contribution in [0.15, 0.2) is 52.3 Å². The molecule has 1 amide bonds. The number of nitrogens with one attached hydrogen (secondary N) is 1. The minimum Gasteiger partial charge on any atom is -0.496 e. The summed E-state index contributed by atoms with van der Waals surface area (Å²) in [4.78, 5) is 13.3. The number of benzene rings is 2. The number of nitrogens with zero attached hydrogens (tertiary/aromatic N) is 1. The fourth-order valence-electron chi connectivity index (χ4n) is 3.76. The lowest BCUT2D eigenvalue weighted by Gasteiger charge is -2.29. The Kier molecular flexibility index (Phi) is 7.50. The molecule has 0 radical (unpaired) electrons. The van der Waals surface area contributed by atoms with Gasteiger partial charge in [0.2, 0.25) is 10.0 Å². The van der Waals surface area contributed by atoms with E-state index in [-0.39, 0.29) is 21.1 Å². The highest BCUT2D eigenvalue weighted by Crippen LogP contribution is 2.28. The summed E-state index contributed by atoms with van der Waals surface area (Å²) in [7, 11) is -5.63. The van der Waals surface area contributed by atoms with Crippen LogP contribution < -0.4 is 10.1 Å². The number of hydrogen-bond acceptors (Lipinski definition) is 6. The molecule has 0 aromatic heterocycles. The average molecular weight is 495 g/mol. The molecule has 10 heteroatoms. The Morgan fingerprint density at radius 3 is 2.15 bits per heavy atom. The minimum absolute atomic E-state index is 0.0492. The van der Waals surface area contributed by atoms with Crippen molar-refractivity contribution in [2.75, 3.05) is 26.5 Å². The summed E-state index contributed by atoms with van der Waals surface area (Å²) in [5.74, 6) is 0.260. The highest BCUT2D eigenvalue weighted by Gasteiger charge is 2.29. The van der Waals surface area contributed by atoms with Crippen LogP contribution in [0.25, 0.3) is 0 Å². The first-order valence-electron chi connectivity index (χ1n) is 10.7. The quantitative estimate of drug-likeness (QED) is 0.634. The number of carbonyl (C=O) groups excluding carboxylic acids is 1. The second-order valence-corrected chi connectivity index (χ2v) is 12.4. The molecule has 2 aromatic carbocycles. The van der Waals surface area contributed by atoms with Crippen LogP contribution in [0.3, 0.4) is 0 Å². The molecule has 1 aliphatic rings. The van der Waals surface area contributed by atoms with Crippen molar-refractivity contribution in [3.05, 3.63) is 53.6 Å². The van der Waals surface area contributed by atoms with E-state index in [1.54, 1.807) is 19.1 Å². The topological polar surface area (TPSA) is 110 Å². The summed E-state index contributed by atoms with van der Waals surface area (Å²) in [6.45, 7) is 4.78. The first kappa shape index (κ1) is 25.2. The predicted molar refractivity (Wildman–Crippen MR) is 126 cm³/mol. The standard InChI is InChI=1S/C23H30N2O6S2/c1-16-11-13-25(14-12-16)33(29,30)20-9-10-22(31-3)21(15-20)23(26)24-17(2)18-5-7-19(8-6-18)32(4,27)28/h5-10,15-17H,11-14H2,1-4H3,(H,24,26). The van der Waals surface area contributed by atoms with Gasteiger partial charge in [-0.15, -0.1) is 0 Å². The summed E-state index contributed by atoms with van der Waals surface area (Å²) in [5.41, 5.74) is 0.824. The Morgan fingerprint density at radius 1 is 1.03 bits per heavy atom. The molecule has 8 nitrogen and oxygen atoms in total. The number of ether oxygens (including phenoxy) is 1. The Morgan fingerprint density at radius 2 is 1.61 bits per heavy atom. The number of amides is 1. The minimum atomic E-state index is -3.72. The molecule has 1 atom stereocenters. The number of rotatable bonds is 7. The largest absolute Gasteiger partial charge is 0.496 e. The van der Waals surface area contributed by atoms with Crippen molar-refractivity contribution in [2.24, 2.45) is 5.92 Å². The van der Waals surface area contributed by atoms with Crippen molar-refractivity contribution < 1.29 is 26.4 Å². The summed E-state index contributed by atoms with van der Waals surface area (Å²) in [5, 5.41) is 2.83. The van der Waals surface area contributed by atoms with Gasteiger partial charge in [0, 0.05) is 19.3 Å². The molecule has 1 heterocycles. The van der Waals surface area contributed by atoms with Crippen molar-refractivity contribution in [1.82, 2.24) is 9.62 Å². The first-order valence-corrected chi connectivity index (χ1v) is 14.1. The zero-order valence-electron chi connectivity index (χ0n) is 19.2. The normalized spacial score (nSPS) is 16.8. The summed E-state index contributed by atoms with van der Waals surface area (Å²) < 4.78 is 56.3. The van der Waals surface area contributed by atoms with Crippen LogP contribution in [0.4, 0.5) is 0 Å². The molecule has 180 valence electrons. The molecule has 1 unspecified atom stereocenters. The third kappa shape index (κ3) is 5.74. The van der Waals surface area contributed by atoms with E-state index in [9.17, 15) is 21.6 Å². The Labute approximate surface area is 195 Å². The SMILES string of the molecule is COc1ccc(S(=O)(=O)N2CCC(C)CC2)cc1C(=O)NC(C)c1ccc(S(C)(=O)=O)cc1. The lowest BCUT2D eigenvalue weighted by atomic mass is 10.0. The molecule has 0 spiro atoms. The van der Waals surface area contributed by atoms with Crippen LogP contribution in [0.5, 0.6) is 5.75 Å². The van der Waals surface area contributed by atoms with Crippen molar-refractivity contribution in [3.63, 3.8) is 0 Å². The van der Waals surface area contributed by atoms with Gasteiger partial charge in [0.25, 0.3) is 5.91 Å². The van der Waals surface area contributed by atoms with E-state index in [1.807, 2.05) is 0 Å². The molecular weight excluding hydrogens is 464 g/mol. The van der Waals surface area contributed by atoms with E-state index in [1.165, 1.54) is 41.7 Å². The summed E-state index contributed by atoms with van der Waals surface area (Å²) >= 11 is 0. The molecular formula is C23H30N2O6S2. The van der Waals surface area contributed by atoms with E-state index < -0.39 is 31.8 Å². The van der Waals surface area contributed by atoms with Gasteiger partial charge in [-0.1, -0.05) is 19.1 Å². The van der Waals surface area contributed by atoms with Gasteiger partial charge in [-0.05, 0) is 61.6 Å². The second kappa shape index (κ2) is 9.82. The summed E-state index contributed by atoms with van der Waals surface area (Å²) in [6, 6.07) is 10.1. The van der Waals surface area contributed by atoms with E-state index in [2.05, 4.69) is 12.2 Å². The van der Waals surface area contributed by atoms with Gasteiger partial charge in [-0.25, -0.2) is 16.8 Å². The molecule has 33 heavy (non-hydrogen) atoms. The van der Waals surface area contributed by atoms with Crippen LogP contribution >= 0.6 is 0 Å². The molecule has 1 saturated heterocycles. The number of carbonyl (C=O) groups is 1. The van der Waals surface area contributed by atoms with Gasteiger partial charge in [-0.3, -0.25) is 4.79 Å². The molecule has 3 rings (SSSR count). The Bertz CT molecular complexity index is 1220. The number of hydrogen-bond donors (Lipinski definition) is 1. The van der Waals surface area contributed by atoms with E-state index >= 15 is 0 Å². The zero-order valence-corrected chi connectivity index (χ0v) is 20.9. The number of piperidine rings is 1. The molecule has 0 bridgehead atoms. The number of sulfonamides is 1. The van der Waals surface area contributed by atoms with Crippen LogP contribution in [0.1, 0.15) is 48.7 Å². The van der Waals surface area contributed by atoms with E-state index in [4.69, 9.17) is 4.74 Å². The van der Waals surface area contributed by atoms with Gasteiger partial charge in [0.15, 0.2) is 9.84 Å². The lowest BCUT2D eigenvalue weighted by molar-refractivity contribution is 0.0936. The van der Waals surface area contributed by atoms with Crippen molar-refractivity contribution in [3.8, 4) is 5.75 Å². The number of sulfone groups is 1. The highest BCUT2D eigenvalue weighted by molar-refractivity contribution is 7.90. The van der Waals surface area contributed by atoms with Gasteiger partial charge < -0.3 is 10.1 Å². The van der Waals surface area contributed by atoms with Gasteiger partial charge in [0.1, 0.15) is 5.75 Å². The second-order valence-electron chi connectivity index (χ2n) is 8.49. The Hall–Kier alpha value is -2.43. The van der Waals surface area contributed by atoms with E-state index in [0.29, 0.717) is 24.6 Å². The maximum Gasteiger partial charge on any atom is 0.255 e. The average Bonchev–Trinajstić information content (AvgIpc) is 2.78. The number of methoxy groups -OCH3 is 1. The molecule has 2 aromatic rings. The molecule has 0 saturated carbocycles. The fraction of sp³-hybridized carbons (Fsp3) is 0.435. The van der Waals surface area contributed by atoms with Crippen molar-refractivity contribution >= 4 is 25.8 Å².